The molecule has 4 unspecified atom stereocenters. The van der Waals surface area contributed by atoms with Gasteiger partial charge in [0, 0.05) is 0 Å². The van der Waals surface area contributed by atoms with Crippen molar-refractivity contribution in [2.45, 2.75) is 31.2 Å². The molecule has 21 heavy (non-hydrogen) atoms. The van der Waals surface area contributed by atoms with Gasteiger partial charge in [-0.1, -0.05) is 0 Å². The molecule has 2 heterocycles. The van der Waals surface area contributed by atoms with Gasteiger partial charge in [-0.2, -0.15) is 18.2 Å². The summed E-state index contributed by atoms with van der Waals surface area (Å²) in [6.45, 7) is -4.01. The Kier molecular flexibility index (Phi) is 4.46. The summed E-state index contributed by atoms with van der Waals surface area (Å²) in [5, 5.41) is 28.1. The van der Waals surface area contributed by atoms with Crippen molar-refractivity contribution >= 4 is 0 Å². The van der Waals surface area contributed by atoms with Crippen LogP contribution in [0.15, 0.2) is 11.0 Å². The molecule has 1 saturated heterocycles. The Hall–Kier alpha value is -1.69. The second kappa shape index (κ2) is 5.97. The van der Waals surface area contributed by atoms with Crippen LogP contribution >= 0.6 is 0 Å². The van der Waals surface area contributed by atoms with Crippen LogP contribution in [0.3, 0.4) is 0 Å². The maximum absolute atomic E-state index is 13.5. The van der Waals surface area contributed by atoms with Gasteiger partial charge in [-0.25, -0.2) is 4.79 Å². The van der Waals surface area contributed by atoms with Gasteiger partial charge in [0.25, 0.3) is 5.88 Å². The SMILES string of the molecule is O=c1nc(OC(F)F)c(F)cn1C1OC(CO)C(O)C1O. The summed E-state index contributed by atoms with van der Waals surface area (Å²) >= 11 is 0. The Balaban J connectivity index is 2.33. The van der Waals surface area contributed by atoms with Crippen molar-refractivity contribution < 1.29 is 38.0 Å². The van der Waals surface area contributed by atoms with Crippen LogP contribution in [-0.2, 0) is 4.74 Å². The molecule has 0 bridgehead atoms. The molecule has 8 nitrogen and oxygen atoms in total. The molecule has 2 rings (SSSR count). The van der Waals surface area contributed by atoms with E-state index in [2.05, 4.69) is 9.72 Å². The van der Waals surface area contributed by atoms with E-state index in [0.29, 0.717) is 10.8 Å². The van der Waals surface area contributed by atoms with Crippen LogP contribution in [0, 0.1) is 5.82 Å². The lowest BCUT2D eigenvalue weighted by molar-refractivity contribution is -0.0616. The average Bonchev–Trinajstić information content (AvgIpc) is 2.69. The summed E-state index contributed by atoms with van der Waals surface area (Å²) in [4.78, 5) is 14.6. The Morgan fingerprint density at radius 3 is 2.62 bits per heavy atom. The van der Waals surface area contributed by atoms with Crippen LogP contribution < -0.4 is 10.4 Å². The largest absolute Gasteiger partial charge is 0.414 e. The molecule has 0 aromatic carbocycles. The molecule has 1 aliphatic rings. The molecule has 1 aliphatic heterocycles. The lowest BCUT2D eigenvalue weighted by Crippen LogP contribution is -2.36. The van der Waals surface area contributed by atoms with Crippen LogP contribution in [0.25, 0.3) is 0 Å². The van der Waals surface area contributed by atoms with E-state index in [4.69, 9.17) is 9.84 Å². The summed E-state index contributed by atoms with van der Waals surface area (Å²) in [6, 6.07) is 0. The molecule has 4 atom stereocenters. The zero-order valence-electron chi connectivity index (χ0n) is 10.3. The van der Waals surface area contributed by atoms with Crippen molar-refractivity contribution in [2.24, 2.45) is 0 Å². The molecule has 1 aromatic rings. The van der Waals surface area contributed by atoms with Crippen molar-refractivity contribution in [3.05, 3.63) is 22.5 Å². The van der Waals surface area contributed by atoms with Crippen LogP contribution in [0.5, 0.6) is 5.88 Å². The quantitative estimate of drug-likeness (QED) is 0.626. The van der Waals surface area contributed by atoms with Gasteiger partial charge in [-0.15, -0.1) is 0 Å². The molecular weight excluding hydrogens is 301 g/mol. The molecule has 1 fully saturated rings. The summed E-state index contributed by atoms with van der Waals surface area (Å²) in [5.41, 5.74) is -1.23. The fraction of sp³-hybridized carbons (Fsp3) is 0.600. The van der Waals surface area contributed by atoms with Gasteiger partial charge in [-0.3, -0.25) is 4.57 Å². The number of aromatic nitrogens is 2. The minimum Gasteiger partial charge on any atom is -0.414 e. The first-order valence-corrected chi connectivity index (χ1v) is 5.71. The number of hydrogen-bond donors (Lipinski definition) is 3. The molecule has 11 heteroatoms. The third kappa shape index (κ3) is 3.00. The van der Waals surface area contributed by atoms with Crippen molar-refractivity contribution in [1.29, 1.82) is 0 Å². The Labute approximate surface area is 115 Å². The number of rotatable bonds is 4. The summed E-state index contributed by atoms with van der Waals surface area (Å²) in [7, 11) is 0. The van der Waals surface area contributed by atoms with E-state index in [-0.39, 0.29) is 0 Å². The topological polar surface area (TPSA) is 114 Å². The molecule has 118 valence electrons. The van der Waals surface area contributed by atoms with E-state index in [1.165, 1.54) is 0 Å². The zero-order chi connectivity index (χ0) is 15.7. The lowest BCUT2D eigenvalue weighted by atomic mass is 10.1. The predicted octanol–water partition coefficient (Wildman–Crippen LogP) is -1.40. The molecule has 0 saturated carbocycles. The van der Waals surface area contributed by atoms with Gasteiger partial charge >= 0.3 is 12.3 Å². The Bertz CT molecular complexity index is 568. The van der Waals surface area contributed by atoms with Gasteiger partial charge < -0.3 is 24.8 Å². The van der Waals surface area contributed by atoms with Gasteiger partial charge in [0.15, 0.2) is 6.23 Å². The van der Waals surface area contributed by atoms with Crippen LogP contribution in [-0.4, -0.2) is 56.4 Å². The zero-order valence-corrected chi connectivity index (χ0v) is 10.3. The first kappa shape index (κ1) is 15.7. The number of nitrogens with zero attached hydrogens (tertiary/aromatic N) is 2. The first-order chi connectivity index (χ1) is 9.85. The maximum atomic E-state index is 13.5. The molecular formula is C10H11F3N2O6. The standard InChI is InChI=1S/C10H11F3N2O6/c11-3-1-15(10(19)14-7(3)21-9(12)13)8-6(18)5(17)4(2-16)20-8/h1,4-6,8-9,16-18H,2H2. The highest BCUT2D eigenvalue weighted by Gasteiger charge is 2.44. The van der Waals surface area contributed by atoms with E-state index in [0.717, 1.165) is 0 Å². The highest BCUT2D eigenvalue weighted by atomic mass is 19.3. The Morgan fingerprint density at radius 1 is 1.43 bits per heavy atom. The second-order valence-corrected chi connectivity index (χ2v) is 4.19. The lowest BCUT2D eigenvalue weighted by Gasteiger charge is -2.17. The summed E-state index contributed by atoms with van der Waals surface area (Å²) < 4.78 is 46.7. The molecule has 1 aromatic heterocycles. The van der Waals surface area contributed by atoms with Gasteiger partial charge in [0.2, 0.25) is 5.82 Å². The molecule has 0 spiro atoms. The van der Waals surface area contributed by atoms with Crippen molar-refractivity contribution in [1.82, 2.24) is 9.55 Å². The number of aliphatic hydroxyl groups excluding tert-OH is 3. The summed E-state index contributed by atoms with van der Waals surface area (Å²) in [6.07, 6.45) is -5.40. The predicted molar refractivity (Wildman–Crippen MR) is 58.1 cm³/mol. The summed E-state index contributed by atoms with van der Waals surface area (Å²) in [5.74, 6) is -2.58. The smallest absolute Gasteiger partial charge is 0.388 e. The normalized spacial score (nSPS) is 29.1. The molecule has 0 aliphatic carbocycles. The minimum absolute atomic E-state index is 0.452. The third-order valence-corrected chi connectivity index (χ3v) is 2.87. The molecule has 0 radical (unpaired) electrons. The van der Waals surface area contributed by atoms with Crippen LogP contribution in [0.4, 0.5) is 13.2 Å². The molecule has 0 amide bonds. The Morgan fingerprint density at radius 2 is 2.10 bits per heavy atom. The second-order valence-electron chi connectivity index (χ2n) is 4.19. The monoisotopic (exact) mass is 312 g/mol. The van der Waals surface area contributed by atoms with E-state index in [1.807, 2.05) is 0 Å². The van der Waals surface area contributed by atoms with E-state index in [1.54, 1.807) is 0 Å². The van der Waals surface area contributed by atoms with Gasteiger partial charge in [0.1, 0.15) is 18.3 Å². The highest BCUT2D eigenvalue weighted by Crippen LogP contribution is 2.28. The first-order valence-electron chi connectivity index (χ1n) is 5.71. The van der Waals surface area contributed by atoms with Crippen LogP contribution in [0.1, 0.15) is 6.23 Å². The van der Waals surface area contributed by atoms with E-state index < -0.39 is 55.1 Å². The van der Waals surface area contributed by atoms with Crippen LogP contribution in [0.2, 0.25) is 0 Å². The fourth-order valence-electron chi connectivity index (χ4n) is 1.89. The van der Waals surface area contributed by atoms with Crippen molar-refractivity contribution in [3.63, 3.8) is 0 Å². The average molecular weight is 312 g/mol. The molecule has 3 N–H and O–H groups in total. The minimum atomic E-state index is -3.36. The van der Waals surface area contributed by atoms with Gasteiger partial charge in [0.05, 0.1) is 12.8 Å². The number of hydrogen-bond acceptors (Lipinski definition) is 7. The number of aliphatic hydroxyl groups is 3. The number of halogens is 3. The maximum Gasteiger partial charge on any atom is 0.388 e. The third-order valence-electron chi connectivity index (χ3n) is 2.87. The van der Waals surface area contributed by atoms with Crippen molar-refractivity contribution in [3.8, 4) is 5.88 Å². The highest BCUT2D eigenvalue weighted by molar-refractivity contribution is 5.10. The fourth-order valence-corrected chi connectivity index (χ4v) is 1.89. The van der Waals surface area contributed by atoms with Gasteiger partial charge in [-0.05, 0) is 0 Å². The van der Waals surface area contributed by atoms with Crippen molar-refractivity contribution in [2.75, 3.05) is 6.61 Å². The van der Waals surface area contributed by atoms with E-state index in [9.17, 15) is 28.2 Å². The van der Waals surface area contributed by atoms with E-state index >= 15 is 0 Å². The number of ether oxygens (including phenoxy) is 2. The number of alkyl halides is 2.